The summed E-state index contributed by atoms with van der Waals surface area (Å²) in [6.07, 6.45) is 4.20. The molecule has 2 aliphatic heterocycles. The van der Waals surface area contributed by atoms with Gasteiger partial charge in [0.05, 0.1) is 19.1 Å². The van der Waals surface area contributed by atoms with Gasteiger partial charge in [0.25, 0.3) is 5.92 Å². The number of amides is 2. The van der Waals surface area contributed by atoms with Crippen LogP contribution in [0.25, 0.3) is 0 Å². The van der Waals surface area contributed by atoms with Crippen molar-refractivity contribution in [2.24, 2.45) is 0 Å². The summed E-state index contributed by atoms with van der Waals surface area (Å²) in [4.78, 5) is 26.4. The summed E-state index contributed by atoms with van der Waals surface area (Å²) in [5.74, 6) is -3.39. The Bertz CT molecular complexity index is 669. The summed E-state index contributed by atoms with van der Waals surface area (Å²) in [7, 11) is 0. The number of benzene rings is 1. The lowest BCUT2D eigenvalue weighted by Crippen LogP contribution is -2.35. The van der Waals surface area contributed by atoms with E-state index in [9.17, 15) is 18.4 Å². The number of carbonyl (C=O) groups is 2. The van der Waals surface area contributed by atoms with Gasteiger partial charge in [-0.15, -0.1) is 24.8 Å². The summed E-state index contributed by atoms with van der Waals surface area (Å²) >= 11 is 0. The van der Waals surface area contributed by atoms with E-state index in [4.69, 9.17) is 0 Å². The number of nitrogens with one attached hydrogen (secondary N) is 3. The molecule has 2 aliphatic rings. The van der Waals surface area contributed by atoms with Crippen molar-refractivity contribution in [3.63, 3.8) is 0 Å². The normalized spacial score (nSPS) is 21.2. The Morgan fingerprint density at radius 2 is 1.55 bits per heavy atom. The minimum absolute atomic E-state index is 0. The molecule has 2 saturated heterocycles. The van der Waals surface area contributed by atoms with E-state index in [0.717, 1.165) is 25.9 Å². The third kappa shape index (κ3) is 8.04. The average molecular weight is 453 g/mol. The van der Waals surface area contributed by atoms with E-state index in [0.29, 0.717) is 17.9 Å². The molecule has 10 heteroatoms. The standard InChI is InChI=1S/C19H26F2N4O2.2ClH/c20-19(21)11-16(22-13-19)18(27)24-15-7-5-14(6-8-15)23-17(26)12-25-9-3-1-2-4-10-25;;/h5-8,16,22H,1-4,9-13H2,(H,23,26)(H,24,27);2*1H. The molecule has 29 heavy (non-hydrogen) atoms. The topological polar surface area (TPSA) is 73.5 Å². The van der Waals surface area contributed by atoms with Gasteiger partial charge in [-0.25, -0.2) is 8.78 Å². The van der Waals surface area contributed by atoms with E-state index in [1.54, 1.807) is 24.3 Å². The molecule has 164 valence electrons. The zero-order valence-corrected chi connectivity index (χ0v) is 17.7. The van der Waals surface area contributed by atoms with Crippen LogP contribution in [0.3, 0.4) is 0 Å². The summed E-state index contributed by atoms with van der Waals surface area (Å²) in [5, 5.41) is 7.99. The molecule has 3 N–H and O–H groups in total. The summed E-state index contributed by atoms with van der Waals surface area (Å²) in [5.41, 5.74) is 1.14. The Hall–Kier alpha value is -1.48. The molecular formula is C19H28Cl2F2N4O2. The number of halogens is 4. The first kappa shape index (κ1) is 25.6. The van der Waals surface area contributed by atoms with Crippen LogP contribution in [0, 0.1) is 0 Å². The molecule has 1 atom stereocenters. The van der Waals surface area contributed by atoms with Crippen LogP contribution in [-0.2, 0) is 9.59 Å². The van der Waals surface area contributed by atoms with Gasteiger partial charge in [0.15, 0.2) is 0 Å². The van der Waals surface area contributed by atoms with Gasteiger partial charge >= 0.3 is 0 Å². The van der Waals surface area contributed by atoms with E-state index in [1.807, 2.05) is 0 Å². The van der Waals surface area contributed by atoms with Crippen molar-refractivity contribution < 1.29 is 18.4 Å². The van der Waals surface area contributed by atoms with Gasteiger partial charge in [0.1, 0.15) is 0 Å². The van der Waals surface area contributed by atoms with E-state index < -0.39 is 30.8 Å². The van der Waals surface area contributed by atoms with Gasteiger partial charge in [-0.3, -0.25) is 19.8 Å². The molecule has 0 aromatic heterocycles. The summed E-state index contributed by atoms with van der Waals surface area (Å²) in [6, 6.07) is 5.77. The fourth-order valence-electron chi connectivity index (χ4n) is 3.47. The fraction of sp³-hybridized carbons (Fsp3) is 0.579. The van der Waals surface area contributed by atoms with Crippen LogP contribution in [0.15, 0.2) is 24.3 Å². The van der Waals surface area contributed by atoms with Gasteiger partial charge < -0.3 is 10.6 Å². The second-order valence-corrected chi connectivity index (χ2v) is 7.30. The Morgan fingerprint density at radius 1 is 1.00 bits per heavy atom. The molecule has 0 radical (unpaired) electrons. The number of alkyl halides is 2. The minimum atomic E-state index is -2.84. The first-order valence-corrected chi connectivity index (χ1v) is 9.46. The highest BCUT2D eigenvalue weighted by atomic mass is 35.5. The van der Waals surface area contributed by atoms with Gasteiger partial charge in [-0.1, -0.05) is 12.8 Å². The summed E-state index contributed by atoms with van der Waals surface area (Å²) < 4.78 is 26.3. The lowest BCUT2D eigenvalue weighted by atomic mass is 10.2. The number of carbonyl (C=O) groups excluding carboxylic acids is 2. The smallest absolute Gasteiger partial charge is 0.262 e. The molecule has 2 amide bonds. The van der Waals surface area contributed by atoms with Crippen LogP contribution >= 0.6 is 24.8 Å². The van der Waals surface area contributed by atoms with Crippen LogP contribution < -0.4 is 16.0 Å². The van der Waals surface area contributed by atoms with Crippen molar-refractivity contribution in [1.29, 1.82) is 0 Å². The Morgan fingerprint density at radius 3 is 2.07 bits per heavy atom. The number of likely N-dealkylation sites (tertiary alicyclic amines) is 1. The Labute approximate surface area is 182 Å². The van der Waals surface area contributed by atoms with Crippen molar-refractivity contribution in [2.45, 2.75) is 44.1 Å². The first-order valence-electron chi connectivity index (χ1n) is 9.46. The Kier molecular flexibility index (Phi) is 10.3. The quantitative estimate of drug-likeness (QED) is 0.640. The highest BCUT2D eigenvalue weighted by Gasteiger charge is 2.42. The third-order valence-corrected chi connectivity index (χ3v) is 4.93. The molecule has 3 rings (SSSR count). The number of hydrogen-bond donors (Lipinski definition) is 3. The molecule has 6 nitrogen and oxygen atoms in total. The third-order valence-electron chi connectivity index (χ3n) is 4.93. The van der Waals surface area contributed by atoms with Crippen LogP contribution in [0.5, 0.6) is 0 Å². The maximum atomic E-state index is 13.2. The Balaban J connectivity index is 0.00000210. The second kappa shape index (κ2) is 11.6. The van der Waals surface area contributed by atoms with Crippen molar-refractivity contribution in [1.82, 2.24) is 10.2 Å². The zero-order valence-electron chi connectivity index (χ0n) is 16.1. The van der Waals surface area contributed by atoms with Gasteiger partial charge in [0, 0.05) is 17.8 Å². The number of rotatable bonds is 5. The maximum absolute atomic E-state index is 13.2. The molecule has 1 aromatic carbocycles. The lowest BCUT2D eigenvalue weighted by molar-refractivity contribution is -0.118. The van der Waals surface area contributed by atoms with Crippen molar-refractivity contribution >= 4 is 48.0 Å². The van der Waals surface area contributed by atoms with E-state index in [2.05, 4.69) is 20.9 Å². The highest BCUT2D eigenvalue weighted by molar-refractivity contribution is 5.96. The SMILES string of the molecule is Cl.Cl.O=C(CN1CCCCCC1)Nc1ccc(NC(=O)C2CC(F)(F)CN2)cc1. The van der Waals surface area contributed by atoms with Gasteiger partial charge in [0.2, 0.25) is 11.8 Å². The molecule has 1 aromatic rings. The van der Waals surface area contributed by atoms with E-state index >= 15 is 0 Å². The molecular weight excluding hydrogens is 425 g/mol. The number of anilines is 2. The summed E-state index contributed by atoms with van der Waals surface area (Å²) in [6.45, 7) is 1.80. The van der Waals surface area contributed by atoms with Crippen molar-refractivity contribution in [2.75, 3.05) is 36.8 Å². The van der Waals surface area contributed by atoms with Crippen molar-refractivity contribution in [3.8, 4) is 0 Å². The predicted octanol–water partition coefficient (Wildman–Crippen LogP) is 3.28. The number of nitrogens with zero attached hydrogens (tertiary/aromatic N) is 1. The maximum Gasteiger partial charge on any atom is 0.262 e. The predicted molar refractivity (Wildman–Crippen MR) is 114 cm³/mol. The largest absolute Gasteiger partial charge is 0.325 e. The first-order chi connectivity index (χ1) is 12.9. The molecule has 2 fully saturated rings. The average Bonchev–Trinajstić information content (AvgIpc) is 2.81. The lowest BCUT2D eigenvalue weighted by Gasteiger charge is -2.19. The molecule has 0 spiro atoms. The van der Waals surface area contributed by atoms with Crippen LogP contribution in [-0.4, -0.2) is 54.9 Å². The van der Waals surface area contributed by atoms with Crippen LogP contribution in [0.2, 0.25) is 0 Å². The van der Waals surface area contributed by atoms with E-state index in [1.165, 1.54) is 12.8 Å². The van der Waals surface area contributed by atoms with Crippen LogP contribution in [0.1, 0.15) is 32.1 Å². The second-order valence-electron chi connectivity index (χ2n) is 7.30. The monoisotopic (exact) mass is 452 g/mol. The van der Waals surface area contributed by atoms with Crippen molar-refractivity contribution in [3.05, 3.63) is 24.3 Å². The van der Waals surface area contributed by atoms with E-state index in [-0.39, 0.29) is 30.7 Å². The number of hydrogen-bond acceptors (Lipinski definition) is 4. The molecule has 0 aliphatic carbocycles. The van der Waals surface area contributed by atoms with Crippen LogP contribution in [0.4, 0.5) is 20.2 Å². The highest BCUT2D eigenvalue weighted by Crippen LogP contribution is 2.26. The minimum Gasteiger partial charge on any atom is -0.325 e. The van der Waals surface area contributed by atoms with Gasteiger partial charge in [-0.05, 0) is 50.2 Å². The fourth-order valence-corrected chi connectivity index (χ4v) is 3.47. The molecule has 0 bridgehead atoms. The molecule has 0 saturated carbocycles. The zero-order chi connectivity index (χ0) is 19.3. The van der Waals surface area contributed by atoms with Gasteiger partial charge in [-0.2, -0.15) is 0 Å². The molecule has 1 unspecified atom stereocenters. The molecule has 2 heterocycles.